The number of imidazole rings is 1. The van der Waals surface area contributed by atoms with Gasteiger partial charge in [0, 0.05) is 19.6 Å². The van der Waals surface area contributed by atoms with Crippen molar-refractivity contribution in [2.75, 3.05) is 19.7 Å². The fraction of sp³-hybridized carbons (Fsp3) is 0.500. The van der Waals surface area contributed by atoms with Crippen molar-refractivity contribution in [3.63, 3.8) is 0 Å². The highest BCUT2D eigenvalue weighted by Gasteiger charge is 2.28. The first-order valence-electron chi connectivity index (χ1n) is 8.48. The van der Waals surface area contributed by atoms with E-state index in [1.165, 1.54) is 0 Å². The van der Waals surface area contributed by atoms with Gasteiger partial charge in [-0.05, 0) is 44.7 Å². The van der Waals surface area contributed by atoms with Crippen molar-refractivity contribution in [1.29, 1.82) is 0 Å². The molecule has 0 N–H and O–H groups in total. The van der Waals surface area contributed by atoms with Gasteiger partial charge in [-0.1, -0.05) is 12.1 Å². The number of fused-ring (bicyclic) bond motifs is 1. The highest BCUT2D eigenvalue weighted by atomic mass is 16.5. The van der Waals surface area contributed by atoms with Gasteiger partial charge in [0.1, 0.15) is 5.82 Å². The van der Waals surface area contributed by atoms with Gasteiger partial charge in [-0.3, -0.25) is 4.79 Å². The molecule has 1 amide bonds. The Morgan fingerprint density at radius 1 is 1.25 bits per heavy atom. The maximum absolute atomic E-state index is 12.0. The Labute approximate surface area is 141 Å². The summed E-state index contributed by atoms with van der Waals surface area (Å²) in [5.41, 5.74) is 2.17. The molecule has 6 heteroatoms. The number of hydrogen-bond acceptors (Lipinski definition) is 4. The van der Waals surface area contributed by atoms with E-state index in [1.54, 1.807) is 11.8 Å². The van der Waals surface area contributed by atoms with E-state index in [-0.39, 0.29) is 6.61 Å². The second-order valence-electron chi connectivity index (χ2n) is 6.21. The average molecular weight is 329 g/mol. The first kappa shape index (κ1) is 16.5. The molecule has 0 atom stereocenters. The molecule has 1 aliphatic heterocycles. The van der Waals surface area contributed by atoms with E-state index in [4.69, 9.17) is 4.74 Å². The summed E-state index contributed by atoms with van der Waals surface area (Å²) in [6.45, 7) is 6.07. The van der Waals surface area contributed by atoms with Crippen LogP contribution in [0.1, 0.15) is 25.6 Å². The molecule has 128 valence electrons. The monoisotopic (exact) mass is 329 g/mol. The number of benzene rings is 1. The van der Waals surface area contributed by atoms with Crippen LogP contribution < -0.4 is 0 Å². The van der Waals surface area contributed by atoms with Gasteiger partial charge in [0.2, 0.25) is 0 Å². The summed E-state index contributed by atoms with van der Waals surface area (Å²) in [6, 6.07) is 8.15. The van der Waals surface area contributed by atoms with Crippen molar-refractivity contribution >= 4 is 22.9 Å². The van der Waals surface area contributed by atoms with Crippen molar-refractivity contribution in [1.82, 2.24) is 14.5 Å². The molecule has 0 spiro atoms. The number of hydrogen-bond donors (Lipinski definition) is 0. The van der Waals surface area contributed by atoms with Gasteiger partial charge in [0.15, 0.2) is 0 Å². The molecular weight excluding hydrogens is 306 g/mol. The third-order valence-electron chi connectivity index (χ3n) is 4.64. The second kappa shape index (κ2) is 7.03. The molecule has 1 aromatic heterocycles. The van der Waals surface area contributed by atoms with E-state index in [0.717, 1.165) is 36.2 Å². The summed E-state index contributed by atoms with van der Waals surface area (Å²) < 4.78 is 7.04. The predicted molar refractivity (Wildman–Crippen MR) is 90.4 cm³/mol. The summed E-state index contributed by atoms with van der Waals surface area (Å²) >= 11 is 0. The Balaban J connectivity index is 1.62. The SMILES string of the molecule is CCOC(=O)C(=O)N1CCC(Cn2c(C)nc3ccccc32)CC1. The molecule has 0 aliphatic carbocycles. The van der Waals surface area contributed by atoms with Gasteiger partial charge in [-0.25, -0.2) is 9.78 Å². The molecular formula is C18H23N3O3. The number of amides is 1. The number of likely N-dealkylation sites (tertiary alicyclic amines) is 1. The quantitative estimate of drug-likeness (QED) is 0.639. The lowest BCUT2D eigenvalue weighted by molar-refractivity contribution is -0.160. The van der Waals surface area contributed by atoms with E-state index in [1.807, 2.05) is 25.1 Å². The number of rotatable bonds is 3. The molecule has 2 heterocycles. The van der Waals surface area contributed by atoms with Crippen LogP contribution in [0, 0.1) is 12.8 Å². The molecule has 1 saturated heterocycles. The van der Waals surface area contributed by atoms with Crippen LogP contribution in [0.5, 0.6) is 0 Å². The zero-order chi connectivity index (χ0) is 17.1. The molecule has 6 nitrogen and oxygen atoms in total. The van der Waals surface area contributed by atoms with Gasteiger partial charge < -0.3 is 14.2 Å². The Kier molecular flexibility index (Phi) is 4.83. The number of piperidine rings is 1. The summed E-state index contributed by atoms with van der Waals surface area (Å²) in [6.07, 6.45) is 1.77. The molecule has 24 heavy (non-hydrogen) atoms. The molecule has 0 saturated carbocycles. The predicted octanol–water partition coefficient (Wildman–Crippen LogP) is 2.15. The van der Waals surface area contributed by atoms with Gasteiger partial charge in [0.25, 0.3) is 0 Å². The molecule has 0 bridgehead atoms. The molecule has 1 fully saturated rings. The minimum atomic E-state index is -0.743. The van der Waals surface area contributed by atoms with Crippen LogP contribution in [-0.4, -0.2) is 46.0 Å². The summed E-state index contributed by atoms with van der Waals surface area (Å²) in [5, 5.41) is 0. The normalized spacial score (nSPS) is 15.7. The minimum absolute atomic E-state index is 0.230. The van der Waals surface area contributed by atoms with E-state index in [0.29, 0.717) is 19.0 Å². The van der Waals surface area contributed by atoms with Crippen LogP contribution in [0.2, 0.25) is 0 Å². The lowest BCUT2D eigenvalue weighted by atomic mass is 9.96. The average Bonchev–Trinajstić information content (AvgIpc) is 2.91. The Morgan fingerprint density at radius 2 is 1.96 bits per heavy atom. The number of carbonyl (C=O) groups excluding carboxylic acids is 2. The molecule has 1 aromatic carbocycles. The summed E-state index contributed by atoms with van der Waals surface area (Å²) in [5.74, 6) is 0.237. The topological polar surface area (TPSA) is 64.4 Å². The van der Waals surface area contributed by atoms with Crippen molar-refractivity contribution < 1.29 is 14.3 Å². The lowest BCUT2D eigenvalue weighted by Crippen LogP contribution is -2.43. The zero-order valence-electron chi connectivity index (χ0n) is 14.2. The third-order valence-corrected chi connectivity index (χ3v) is 4.64. The van der Waals surface area contributed by atoms with Gasteiger partial charge in [-0.15, -0.1) is 0 Å². The van der Waals surface area contributed by atoms with Crippen molar-refractivity contribution in [2.24, 2.45) is 5.92 Å². The van der Waals surface area contributed by atoms with Gasteiger partial charge >= 0.3 is 11.9 Å². The molecule has 3 rings (SSSR count). The van der Waals surface area contributed by atoms with Gasteiger partial charge in [0.05, 0.1) is 17.6 Å². The van der Waals surface area contributed by atoms with Crippen LogP contribution in [0.25, 0.3) is 11.0 Å². The van der Waals surface area contributed by atoms with E-state index < -0.39 is 11.9 Å². The molecule has 0 unspecified atom stereocenters. The van der Waals surface area contributed by atoms with Crippen LogP contribution in [0.4, 0.5) is 0 Å². The van der Waals surface area contributed by atoms with Crippen molar-refractivity contribution in [3.05, 3.63) is 30.1 Å². The smallest absolute Gasteiger partial charge is 0.397 e. The first-order valence-corrected chi connectivity index (χ1v) is 8.48. The van der Waals surface area contributed by atoms with E-state index >= 15 is 0 Å². The summed E-state index contributed by atoms with van der Waals surface area (Å²) in [7, 11) is 0. The Morgan fingerprint density at radius 3 is 2.67 bits per heavy atom. The fourth-order valence-electron chi connectivity index (χ4n) is 3.33. The first-order chi connectivity index (χ1) is 11.6. The van der Waals surface area contributed by atoms with Crippen LogP contribution in [0.15, 0.2) is 24.3 Å². The molecule has 1 aliphatic rings. The number of nitrogens with zero attached hydrogens (tertiary/aromatic N) is 3. The molecule has 2 aromatic rings. The highest BCUT2D eigenvalue weighted by Crippen LogP contribution is 2.23. The Bertz CT molecular complexity index is 745. The minimum Gasteiger partial charge on any atom is -0.459 e. The number of aromatic nitrogens is 2. The number of para-hydroxylation sites is 2. The number of esters is 1. The standard InChI is InChI=1S/C18H23N3O3/c1-3-24-18(23)17(22)20-10-8-14(9-11-20)12-21-13(2)19-15-6-4-5-7-16(15)21/h4-7,14H,3,8-12H2,1-2H3. The van der Waals surface area contributed by atoms with E-state index in [9.17, 15) is 9.59 Å². The maximum Gasteiger partial charge on any atom is 0.397 e. The van der Waals surface area contributed by atoms with Crippen LogP contribution in [-0.2, 0) is 20.9 Å². The third kappa shape index (κ3) is 3.27. The molecule has 0 radical (unpaired) electrons. The van der Waals surface area contributed by atoms with Crippen molar-refractivity contribution in [3.8, 4) is 0 Å². The Hall–Kier alpha value is -2.37. The van der Waals surface area contributed by atoms with Crippen molar-refractivity contribution in [2.45, 2.75) is 33.2 Å². The largest absolute Gasteiger partial charge is 0.459 e. The lowest BCUT2D eigenvalue weighted by Gasteiger charge is -2.31. The number of aryl methyl sites for hydroxylation is 1. The number of ether oxygens (including phenoxy) is 1. The zero-order valence-corrected chi connectivity index (χ0v) is 14.2. The maximum atomic E-state index is 12.0. The summed E-state index contributed by atoms with van der Waals surface area (Å²) in [4.78, 5) is 29.7. The second-order valence-corrected chi connectivity index (χ2v) is 6.21. The highest BCUT2D eigenvalue weighted by molar-refractivity contribution is 6.32. The fourth-order valence-corrected chi connectivity index (χ4v) is 3.33. The van der Waals surface area contributed by atoms with Gasteiger partial charge in [-0.2, -0.15) is 0 Å². The van der Waals surface area contributed by atoms with Crippen LogP contribution >= 0.6 is 0 Å². The van der Waals surface area contributed by atoms with Crippen LogP contribution in [0.3, 0.4) is 0 Å². The number of carbonyl (C=O) groups is 2. The van der Waals surface area contributed by atoms with E-state index in [2.05, 4.69) is 15.6 Å².